The zero-order valence-corrected chi connectivity index (χ0v) is 21.4. The first-order chi connectivity index (χ1) is 16.2. The molecule has 3 heterocycles. The second-order valence-electron chi connectivity index (χ2n) is 10.3. The van der Waals surface area contributed by atoms with Crippen molar-refractivity contribution in [2.75, 3.05) is 46.5 Å². The van der Waals surface area contributed by atoms with Crippen molar-refractivity contribution in [1.29, 1.82) is 0 Å². The van der Waals surface area contributed by atoms with Gasteiger partial charge in [0.05, 0.1) is 25.4 Å². The third-order valence-corrected chi connectivity index (χ3v) is 6.99. The van der Waals surface area contributed by atoms with Crippen molar-refractivity contribution >= 4 is 23.7 Å². The van der Waals surface area contributed by atoms with Crippen molar-refractivity contribution in [2.24, 2.45) is 0 Å². The van der Waals surface area contributed by atoms with Gasteiger partial charge in [-0.2, -0.15) is 0 Å². The number of ether oxygens (including phenoxy) is 3. The molecule has 2 fully saturated rings. The Hall–Kier alpha value is -2.03. The molecule has 4 rings (SSSR count). The van der Waals surface area contributed by atoms with Crippen LogP contribution in [0.4, 0.5) is 9.59 Å². The fraction of sp³-hybridized carbons (Fsp3) is 0.680. The molecule has 3 amide bonds. The lowest BCUT2D eigenvalue weighted by Gasteiger charge is -2.40. The number of methoxy groups -OCH3 is 1. The Labute approximate surface area is 207 Å². The van der Waals surface area contributed by atoms with E-state index in [-0.39, 0.29) is 24.3 Å². The lowest BCUT2D eigenvalue weighted by Crippen LogP contribution is -2.49. The van der Waals surface area contributed by atoms with Crippen LogP contribution in [0.25, 0.3) is 0 Å². The van der Waals surface area contributed by atoms with E-state index in [4.69, 9.17) is 25.8 Å². The third-order valence-electron chi connectivity index (χ3n) is 6.77. The van der Waals surface area contributed by atoms with Gasteiger partial charge in [-0.1, -0.05) is 11.6 Å². The van der Waals surface area contributed by atoms with Gasteiger partial charge in [-0.15, -0.1) is 0 Å². The standard InChI is InChI=1S/C25H36ClN3O5/c1-25(2,3)34-24(31)29-11-12-33-16-22(29)20-14-18(26)13-17-5-8-28(15-21(17)20)23(30)27-9-6-19(32-4)7-10-27/h13-14,19,22H,5-12,15-16H2,1-4H3. The molecule has 0 spiro atoms. The van der Waals surface area contributed by atoms with Crippen LogP contribution >= 0.6 is 11.6 Å². The molecule has 0 aromatic heterocycles. The summed E-state index contributed by atoms with van der Waals surface area (Å²) in [6.07, 6.45) is 2.31. The predicted octanol–water partition coefficient (Wildman–Crippen LogP) is 4.24. The summed E-state index contributed by atoms with van der Waals surface area (Å²) in [6.45, 7) is 9.40. The molecule has 0 radical (unpaired) electrons. The van der Waals surface area contributed by atoms with E-state index in [1.807, 2.05) is 42.7 Å². The molecular formula is C25H36ClN3O5. The molecule has 0 aliphatic carbocycles. The number of likely N-dealkylation sites (tertiary alicyclic amines) is 1. The van der Waals surface area contributed by atoms with Crippen molar-refractivity contribution in [3.63, 3.8) is 0 Å². The number of urea groups is 1. The number of carbonyl (C=O) groups is 2. The number of fused-ring (bicyclic) bond motifs is 1. The monoisotopic (exact) mass is 493 g/mol. The van der Waals surface area contributed by atoms with Gasteiger partial charge in [-0.25, -0.2) is 9.59 Å². The van der Waals surface area contributed by atoms with Gasteiger partial charge in [0.2, 0.25) is 0 Å². The SMILES string of the molecule is COC1CCN(C(=O)N2CCc3cc(Cl)cc(C4COCCN4C(=O)OC(C)(C)C)c3C2)CC1. The van der Waals surface area contributed by atoms with Crippen LogP contribution in [-0.4, -0.2) is 85.0 Å². The topological polar surface area (TPSA) is 71.6 Å². The summed E-state index contributed by atoms with van der Waals surface area (Å²) in [6, 6.07) is 3.64. The van der Waals surface area contributed by atoms with Crippen molar-refractivity contribution in [1.82, 2.24) is 14.7 Å². The Bertz CT molecular complexity index is 911. The first-order valence-electron chi connectivity index (χ1n) is 12.1. The van der Waals surface area contributed by atoms with Crippen molar-refractivity contribution in [3.05, 3.63) is 33.8 Å². The molecule has 1 atom stereocenters. The van der Waals surface area contributed by atoms with E-state index in [1.165, 1.54) is 0 Å². The van der Waals surface area contributed by atoms with Crippen molar-refractivity contribution in [3.8, 4) is 0 Å². The Morgan fingerprint density at radius 1 is 1.09 bits per heavy atom. The van der Waals surface area contributed by atoms with Crippen LogP contribution in [-0.2, 0) is 27.2 Å². The zero-order chi connectivity index (χ0) is 24.5. The maximum atomic E-state index is 13.3. The predicted molar refractivity (Wildman–Crippen MR) is 129 cm³/mol. The average molecular weight is 494 g/mol. The van der Waals surface area contributed by atoms with Gasteiger partial charge in [0.1, 0.15) is 5.60 Å². The van der Waals surface area contributed by atoms with Gasteiger partial charge in [0, 0.05) is 44.9 Å². The fourth-order valence-electron chi connectivity index (χ4n) is 5.00. The minimum Gasteiger partial charge on any atom is -0.444 e. The molecule has 0 N–H and O–H groups in total. The highest BCUT2D eigenvalue weighted by molar-refractivity contribution is 6.30. The van der Waals surface area contributed by atoms with Crippen LogP contribution < -0.4 is 0 Å². The van der Waals surface area contributed by atoms with Gasteiger partial charge in [-0.05, 0) is 68.9 Å². The van der Waals surface area contributed by atoms with Gasteiger partial charge in [0.15, 0.2) is 0 Å². The second-order valence-corrected chi connectivity index (χ2v) is 10.7. The Balaban J connectivity index is 1.57. The highest BCUT2D eigenvalue weighted by atomic mass is 35.5. The number of amides is 3. The van der Waals surface area contributed by atoms with Crippen molar-refractivity contribution < 1.29 is 23.8 Å². The van der Waals surface area contributed by atoms with E-state index in [9.17, 15) is 9.59 Å². The number of rotatable bonds is 2. The van der Waals surface area contributed by atoms with Crippen LogP contribution in [0.5, 0.6) is 0 Å². The molecule has 9 heteroatoms. The van der Waals surface area contributed by atoms with Crippen LogP contribution in [0.15, 0.2) is 12.1 Å². The van der Waals surface area contributed by atoms with E-state index in [1.54, 1.807) is 12.0 Å². The van der Waals surface area contributed by atoms with Gasteiger partial charge >= 0.3 is 12.1 Å². The van der Waals surface area contributed by atoms with Gasteiger partial charge < -0.3 is 24.0 Å². The Morgan fingerprint density at radius 2 is 1.82 bits per heavy atom. The number of halogens is 1. The number of carbonyl (C=O) groups excluding carboxylic acids is 2. The molecule has 1 unspecified atom stereocenters. The van der Waals surface area contributed by atoms with Crippen LogP contribution in [0.1, 0.15) is 56.3 Å². The number of nitrogens with zero attached hydrogens (tertiary/aromatic N) is 3. The third kappa shape index (κ3) is 5.61. The first-order valence-corrected chi connectivity index (χ1v) is 12.5. The quantitative estimate of drug-likeness (QED) is 0.616. The van der Waals surface area contributed by atoms with E-state index in [0.29, 0.717) is 51.0 Å². The van der Waals surface area contributed by atoms with Gasteiger partial charge in [-0.3, -0.25) is 4.90 Å². The summed E-state index contributed by atoms with van der Waals surface area (Å²) < 4.78 is 16.9. The fourth-order valence-corrected chi connectivity index (χ4v) is 5.25. The smallest absolute Gasteiger partial charge is 0.410 e. The maximum absolute atomic E-state index is 13.3. The molecule has 3 aliphatic rings. The second kappa shape index (κ2) is 10.3. The summed E-state index contributed by atoms with van der Waals surface area (Å²) in [5, 5.41) is 0.630. The van der Waals surface area contributed by atoms with E-state index in [2.05, 4.69) is 0 Å². The van der Waals surface area contributed by atoms with Crippen LogP contribution in [0.3, 0.4) is 0 Å². The zero-order valence-electron chi connectivity index (χ0n) is 20.6. The van der Waals surface area contributed by atoms with Crippen LogP contribution in [0.2, 0.25) is 5.02 Å². The number of hydrogen-bond acceptors (Lipinski definition) is 5. The molecular weight excluding hydrogens is 458 g/mol. The Kier molecular flexibility index (Phi) is 7.60. The van der Waals surface area contributed by atoms with Gasteiger partial charge in [0.25, 0.3) is 0 Å². The van der Waals surface area contributed by atoms with Crippen LogP contribution in [0, 0.1) is 0 Å². The normalized spacial score (nSPS) is 21.9. The minimum absolute atomic E-state index is 0.0602. The molecule has 34 heavy (non-hydrogen) atoms. The molecule has 1 aromatic carbocycles. The molecule has 188 valence electrons. The molecule has 0 saturated carbocycles. The van der Waals surface area contributed by atoms with E-state index in [0.717, 1.165) is 36.0 Å². The van der Waals surface area contributed by atoms with E-state index >= 15 is 0 Å². The summed E-state index contributed by atoms with van der Waals surface area (Å²) in [5.41, 5.74) is 2.52. The molecule has 8 nitrogen and oxygen atoms in total. The summed E-state index contributed by atoms with van der Waals surface area (Å²) in [7, 11) is 1.73. The summed E-state index contributed by atoms with van der Waals surface area (Å²) in [4.78, 5) is 31.9. The molecule has 0 bridgehead atoms. The first kappa shape index (κ1) is 25.1. The highest BCUT2D eigenvalue weighted by Crippen LogP contribution is 2.35. The summed E-state index contributed by atoms with van der Waals surface area (Å²) in [5.74, 6) is 0. The maximum Gasteiger partial charge on any atom is 0.410 e. The Morgan fingerprint density at radius 3 is 2.50 bits per heavy atom. The molecule has 2 saturated heterocycles. The molecule has 3 aliphatic heterocycles. The lowest BCUT2D eigenvalue weighted by atomic mass is 9.90. The molecule has 1 aromatic rings. The number of benzene rings is 1. The highest BCUT2D eigenvalue weighted by Gasteiger charge is 2.36. The number of hydrogen-bond donors (Lipinski definition) is 0. The summed E-state index contributed by atoms with van der Waals surface area (Å²) >= 11 is 6.51. The number of piperidine rings is 1. The average Bonchev–Trinajstić information content (AvgIpc) is 2.81. The minimum atomic E-state index is -0.590. The van der Waals surface area contributed by atoms with Crippen molar-refractivity contribution in [2.45, 2.75) is 64.3 Å². The number of morpholine rings is 1. The largest absolute Gasteiger partial charge is 0.444 e. The van der Waals surface area contributed by atoms with E-state index < -0.39 is 5.60 Å². The lowest BCUT2D eigenvalue weighted by molar-refractivity contribution is -0.0334.